The molecule has 11 heteroatoms. The first-order valence-electron chi connectivity index (χ1n) is 10.9. The fraction of sp³-hybridized carbons (Fsp3) is 0.292. The van der Waals surface area contributed by atoms with E-state index in [1.807, 2.05) is 60.7 Å². The molecule has 0 amide bonds. The molecule has 0 bridgehead atoms. The molecule has 2 heterocycles. The number of aliphatic hydroxyl groups excluding tert-OH is 2. The molecule has 0 saturated carbocycles. The normalized spacial score (nSPS) is 19.6. The summed E-state index contributed by atoms with van der Waals surface area (Å²) in [4.78, 5) is 25.7. The van der Waals surface area contributed by atoms with Crippen molar-refractivity contribution in [3.8, 4) is 0 Å². The number of halogens is 1. The molecule has 4 rings (SSSR count). The van der Waals surface area contributed by atoms with E-state index in [4.69, 9.17) is 4.74 Å². The minimum absolute atomic E-state index is 0.0368. The van der Waals surface area contributed by atoms with Gasteiger partial charge in [0, 0.05) is 17.9 Å². The quantitative estimate of drug-likeness (QED) is 0.367. The van der Waals surface area contributed by atoms with E-state index in [0.717, 1.165) is 21.9 Å². The molecule has 1 aromatic heterocycles. The lowest BCUT2D eigenvalue weighted by molar-refractivity contribution is -0.0465. The molecule has 0 unspecified atom stereocenters. The first kappa shape index (κ1) is 25.4. The Hall–Kier alpha value is -2.70. The summed E-state index contributed by atoms with van der Waals surface area (Å²) in [6.07, 6.45) is -2.25. The molecule has 3 atom stereocenters. The molecule has 184 valence electrons. The fourth-order valence-electron chi connectivity index (χ4n) is 3.49. The second-order valence-electron chi connectivity index (χ2n) is 7.81. The van der Waals surface area contributed by atoms with Crippen molar-refractivity contribution in [1.82, 2.24) is 9.24 Å². The molecule has 3 aromatic rings. The Bertz CT molecular complexity index is 1240. The van der Waals surface area contributed by atoms with Crippen molar-refractivity contribution < 1.29 is 19.3 Å². The van der Waals surface area contributed by atoms with E-state index in [2.05, 4.69) is 5.10 Å². The van der Waals surface area contributed by atoms with Gasteiger partial charge in [-0.25, -0.2) is 4.79 Å². The van der Waals surface area contributed by atoms with Crippen LogP contribution in [0.2, 0.25) is 0 Å². The highest BCUT2D eigenvalue weighted by Crippen LogP contribution is 2.28. The summed E-state index contributed by atoms with van der Waals surface area (Å²) < 4.78 is 21.8. The van der Waals surface area contributed by atoms with Crippen LogP contribution in [0.25, 0.3) is 0 Å². The number of ether oxygens (including phenoxy) is 1. The molecular weight excluding hydrogens is 493 g/mol. The number of aliphatic hydroxyl groups is 2. The summed E-state index contributed by atoms with van der Waals surface area (Å²) >= 11 is 2.67. The van der Waals surface area contributed by atoms with Gasteiger partial charge in [-0.1, -0.05) is 84.2 Å². The maximum atomic E-state index is 14.6. The van der Waals surface area contributed by atoms with Crippen LogP contribution >= 0.6 is 23.5 Å². The summed E-state index contributed by atoms with van der Waals surface area (Å²) in [5, 5.41) is 23.6. The van der Waals surface area contributed by atoms with Gasteiger partial charge in [0.1, 0.15) is 12.3 Å². The van der Waals surface area contributed by atoms with Crippen molar-refractivity contribution in [2.45, 2.75) is 36.4 Å². The number of thioether (sulfide) groups is 2. The molecule has 2 N–H and O–H groups in total. The van der Waals surface area contributed by atoms with Gasteiger partial charge in [-0.15, -0.1) is 9.78 Å². The Kier molecular flexibility index (Phi) is 8.58. The van der Waals surface area contributed by atoms with Gasteiger partial charge < -0.3 is 14.9 Å². The molecule has 0 spiro atoms. The van der Waals surface area contributed by atoms with E-state index in [-0.39, 0.29) is 6.42 Å². The molecule has 0 radical (unpaired) electrons. The summed E-state index contributed by atoms with van der Waals surface area (Å²) in [6, 6.07) is 19.3. The molecule has 2 aromatic carbocycles. The largest absolute Gasteiger partial charge is 0.394 e. The predicted octanol–water partition coefficient (Wildman–Crippen LogP) is 2.78. The number of hydrogen-bond acceptors (Lipinski definition) is 8. The maximum absolute atomic E-state index is 14.6. The molecule has 8 nitrogen and oxygen atoms in total. The van der Waals surface area contributed by atoms with Gasteiger partial charge in [0.2, 0.25) is 5.82 Å². The van der Waals surface area contributed by atoms with Gasteiger partial charge in [0.25, 0.3) is 0 Å². The standard InChI is InChI=1S/C24H24FN3O5S2/c25-18-12-27(21-11-19(30)20(13-29)33-21)24(32)28(22(18)31)26-23(34-14-16-7-3-1-4-8-16)35-15-17-9-5-2-6-10-17/h1-10,12,19-21,29-30H,11,13-15H2/t19-,20+,21+/m0/s1. The first-order valence-corrected chi connectivity index (χ1v) is 12.8. The minimum Gasteiger partial charge on any atom is -0.394 e. The van der Waals surface area contributed by atoms with Crippen molar-refractivity contribution in [2.24, 2.45) is 5.10 Å². The lowest BCUT2D eigenvalue weighted by atomic mass is 10.2. The minimum atomic E-state index is -1.18. The van der Waals surface area contributed by atoms with Crippen molar-refractivity contribution >= 4 is 27.9 Å². The van der Waals surface area contributed by atoms with Crippen molar-refractivity contribution in [3.63, 3.8) is 0 Å². The van der Waals surface area contributed by atoms with Crippen LogP contribution in [-0.4, -0.2) is 42.6 Å². The average Bonchev–Trinajstić information content (AvgIpc) is 3.26. The van der Waals surface area contributed by atoms with Crippen molar-refractivity contribution in [2.75, 3.05) is 6.61 Å². The van der Waals surface area contributed by atoms with Crippen LogP contribution in [0.4, 0.5) is 4.39 Å². The molecule has 1 aliphatic heterocycles. The average molecular weight is 518 g/mol. The first-order chi connectivity index (χ1) is 17.0. The van der Waals surface area contributed by atoms with E-state index in [9.17, 15) is 24.2 Å². The summed E-state index contributed by atoms with van der Waals surface area (Å²) in [5.74, 6) is -0.106. The Morgan fingerprint density at radius 3 is 2.11 bits per heavy atom. The Morgan fingerprint density at radius 2 is 1.60 bits per heavy atom. The third-order valence-electron chi connectivity index (χ3n) is 5.34. The van der Waals surface area contributed by atoms with Crippen LogP contribution in [0, 0.1) is 5.82 Å². The highest BCUT2D eigenvalue weighted by atomic mass is 32.2. The second kappa shape index (κ2) is 11.8. The number of hydrogen-bond donors (Lipinski definition) is 2. The molecular formula is C24H24FN3O5S2. The molecule has 1 saturated heterocycles. The van der Waals surface area contributed by atoms with Crippen LogP contribution in [0.5, 0.6) is 0 Å². The fourth-order valence-corrected chi connectivity index (χ4v) is 5.43. The SMILES string of the molecule is O=c1c(F)cn([C@H]2C[C@H](O)[C@@H](CO)O2)c(=O)n1N=C(SCc1ccccc1)SCc1ccccc1. The third kappa shape index (κ3) is 6.30. The highest BCUT2D eigenvalue weighted by molar-refractivity contribution is 8.38. The lowest BCUT2D eigenvalue weighted by Gasteiger charge is -2.15. The third-order valence-corrected chi connectivity index (χ3v) is 7.66. The zero-order valence-electron chi connectivity index (χ0n) is 18.6. The van der Waals surface area contributed by atoms with Crippen LogP contribution in [0.3, 0.4) is 0 Å². The molecule has 1 aliphatic rings. The summed E-state index contributed by atoms with van der Waals surface area (Å²) in [5.41, 5.74) is -0.0252. The molecule has 35 heavy (non-hydrogen) atoms. The van der Waals surface area contributed by atoms with Crippen LogP contribution in [0.15, 0.2) is 81.6 Å². The summed E-state index contributed by atoms with van der Waals surface area (Å²) in [6.45, 7) is -0.455. The highest BCUT2D eigenvalue weighted by Gasteiger charge is 2.35. The number of benzene rings is 2. The van der Waals surface area contributed by atoms with E-state index in [0.29, 0.717) is 20.6 Å². The lowest BCUT2D eigenvalue weighted by Crippen LogP contribution is -2.41. The number of nitrogens with zero attached hydrogens (tertiary/aromatic N) is 3. The smallest absolute Gasteiger partial charge is 0.354 e. The van der Waals surface area contributed by atoms with E-state index in [1.165, 1.54) is 23.5 Å². The van der Waals surface area contributed by atoms with Crippen LogP contribution < -0.4 is 11.2 Å². The second-order valence-corrected chi connectivity index (χ2v) is 10.00. The van der Waals surface area contributed by atoms with Crippen molar-refractivity contribution in [3.05, 3.63) is 105 Å². The van der Waals surface area contributed by atoms with Gasteiger partial charge in [-0.05, 0) is 11.1 Å². The van der Waals surface area contributed by atoms with Crippen molar-refractivity contribution in [1.29, 1.82) is 0 Å². The summed E-state index contributed by atoms with van der Waals surface area (Å²) in [7, 11) is 0. The van der Waals surface area contributed by atoms with Gasteiger partial charge in [0.15, 0.2) is 4.38 Å². The van der Waals surface area contributed by atoms with E-state index < -0.39 is 42.1 Å². The topological polar surface area (TPSA) is 106 Å². The Labute approximate surface area is 209 Å². The Morgan fingerprint density at radius 1 is 1.03 bits per heavy atom. The predicted molar refractivity (Wildman–Crippen MR) is 135 cm³/mol. The van der Waals surface area contributed by atoms with Gasteiger partial charge in [-0.2, -0.15) is 4.39 Å². The van der Waals surface area contributed by atoms with E-state index in [1.54, 1.807) is 0 Å². The zero-order valence-corrected chi connectivity index (χ0v) is 20.2. The van der Waals surface area contributed by atoms with Gasteiger partial charge in [-0.3, -0.25) is 9.36 Å². The Balaban J connectivity index is 1.67. The van der Waals surface area contributed by atoms with Gasteiger partial charge >= 0.3 is 11.2 Å². The maximum Gasteiger partial charge on any atom is 0.354 e. The number of aromatic nitrogens is 2. The van der Waals surface area contributed by atoms with Crippen LogP contribution in [0.1, 0.15) is 23.8 Å². The monoisotopic (exact) mass is 517 g/mol. The van der Waals surface area contributed by atoms with Gasteiger partial charge in [0.05, 0.1) is 18.9 Å². The number of rotatable bonds is 7. The zero-order chi connectivity index (χ0) is 24.8. The molecule has 1 fully saturated rings. The molecule has 0 aliphatic carbocycles. The van der Waals surface area contributed by atoms with E-state index >= 15 is 0 Å². The van der Waals surface area contributed by atoms with Crippen LogP contribution in [-0.2, 0) is 16.2 Å².